The number of halogens is 3. The number of amides is 1. The number of ether oxygens (including phenoxy) is 1. The first-order valence-corrected chi connectivity index (χ1v) is 15.9. The van der Waals surface area contributed by atoms with Gasteiger partial charge < -0.3 is 15.0 Å². The van der Waals surface area contributed by atoms with Crippen LogP contribution < -0.4 is 10.2 Å². The lowest BCUT2D eigenvalue weighted by Gasteiger charge is -2.37. The van der Waals surface area contributed by atoms with E-state index in [1.807, 2.05) is 68.4 Å². The smallest absolute Gasteiger partial charge is 0.416 e. The summed E-state index contributed by atoms with van der Waals surface area (Å²) in [6.07, 6.45) is -1.22. The van der Waals surface area contributed by atoms with Gasteiger partial charge in [0.1, 0.15) is 6.10 Å². The predicted molar refractivity (Wildman–Crippen MR) is 176 cm³/mol. The molecule has 1 atom stereocenters. The summed E-state index contributed by atoms with van der Waals surface area (Å²) in [4.78, 5) is 28.9. The molecule has 8 heteroatoms. The molecule has 240 valence electrons. The summed E-state index contributed by atoms with van der Waals surface area (Å²) in [6, 6.07) is 29.2. The summed E-state index contributed by atoms with van der Waals surface area (Å²) >= 11 is 0. The van der Waals surface area contributed by atoms with Crippen molar-refractivity contribution in [3.8, 4) is 11.1 Å². The summed E-state index contributed by atoms with van der Waals surface area (Å²) in [5.41, 5.74) is 3.33. The van der Waals surface area contributed by atoms with Crippen LogP contribution >= 0.6 is 0 Å². The van der Waals surface area contributed by atoms with Crippen molar-refractivity contribution < 1.29 is 27.5 Å². The molecule has 4 aromatic rings. The van der Waals surface area contributed by atoms with Crippen LogP contribution in [-0.4, -0.2) is 31.1 Å². The second-order valence-electron chi connectivity index (χ2n) is 11.7. The number of rotatable bonds is 10. The van der Waals surface area contributed by atoms with Crippen molar-refractivity contribution in [2.24, 2.45) is 5.92 Å². The summed E-state index contributed by atoms with van der Waals surface area (Å²) < 4.78 is 45.0. The monoisotopic (exact) mass is 628 g/mol. The van der Waals surface area contributed by atoms with Crippen molar-refractivity contribution in [2.75, 3.05) is 23.3 Å². The molecule has 1 amide bonds. The number of nitrogens with one attached hydrogen (secondary N) is 1. The number of benzene rings is 4. The Morgan fingerprint density at radius 3 is 2.04 bits per heavy atom. The highest BCUT2D eigenvalue weighted by molar-refractivity contribution is 6.08. The van der Waals surface area contributed by atoms with Crippen LogP contribution in [-0.2, 0) is 15.7 Å². The topological polar surface area (TPSA) is 58.6 Å². The van der Waals surface area contributed by atoms with E-state index in [4.69, 9.17) is 4.74 Å². The third-order valence-corrected chi connectivity index (χ3v) is 8.80. The van der Waals surface area contributed by atoms with Gasteiger partial charge in [-0.05, 0) is 90.8 Å². The van der Waals surface area contributed by atoms with E-state index >= 15 is 0 Å². The molecule has 0 aliphatic carbocycles. The van der Waals surface area contributed by atoms with E-state index in [0.29, 0.717) is 22.4 Å². The zero-order valence-corrected chi connectivity index (χ0v) is 26.1. The van der Waals surface area contributed by atoms with Gasteiger partial charge in [-0.2, -0.15) is 13.2 Å². The number of carbonyl (C=O) groups is 2. The molecule has 1 aliphatic heterocycles. The van der Waals surface area contributed by atoms with Crippen LogP contribution in [0.25, 0.3) is 11.1 Å². The molecule has 1 heterocycles. The Morgan fingerprint density at radius 1 is 0.826 bits per heavy atom. The molecular formula is C38H39F3N2O3. The first-order chi connectivity index (χ1) is 22.2. The second-order valence-corrected chi connectivity index (χ2v) is 11.7. The minimum atomic E-state index is -4.43. The van der Waals surface area contributed by atoms with Gasteiger partial charge in [0.2, 0.25) is 0 Å². The SMILES string of the molecule is CCC(CC)OC(=O)C(c1ccccc1)C1CCN(c2ccc(NC(=O)c3ccccc3-c3ccc(C(F)(F)F)cc3)cc2)CC1. The Hall–Kier alpha value is -4.59. The number of hydrogen-bond donors (Lipinski definition) is 1. The van der Waals surface area contributed by atoms with Crippen LogP contribution in [0.2, 0.25) is 0 Å². The Labute approximate surface area is 268 Å². The first-order valence-electron chi connectivity index (χ1n) is 15.9. The van der Waals surface area contributed by atoms with Crippen LogP contribution in [0.4, 0.5) is 24.5 Å². The van der Waals surface area contributed by atoms with E-state index in [-0.39, 0.29) is 29.8 Å². The van der Waals surface area contributed by atoms with Crippen molar-refractivity contribution in [1.29, 1.82) is 0 Å². The van der Waals surface area contributed by atoms with Gasteiger partial charge in [0, 0.05) is 30.0 Å². The lowest BCUT2D eigenvalue weighted by molar-refractivity contribution is -0.153. The lowest BCUT2D eigenvalue weighted by Crippen LogP contribution is -2.38. The Kier molecular flexibility index (Phi) is 10.5. The van der Waals surface area contributed by atoms with Crippen LogP contribution in [0.1, 0.15) is 66.9 Å². The molecule has 1 fully saturated rings. The maximum absolute atomic E-state index is 13.4. The fourth-order valence-corrected chi connectivity index (χ4v) is 6.17. The molecule has 4 aromatic carbocycles. The molecule has 1 aliphatic rings. The fourth-order valence-electron chi connectivity index (χ4n) is 6.17. The molecule has 1 saturated heterocycles. The molecular weight excluding hydrogens is 589 g/mol. The number of hydrogen-bond acceptors (Lipinski definition) is 4. The lowest BCUT2D eigenvalue weighted by atomic mass is 9.80. The number of carbonyl (C=O) groups excluding carboxylic acids is 2. The summed E-state index contributed by atoms with van der Waals surface area (Å²) in [5, 5.41) is 2.92. The average molecular weight is 629 g/mol. The summed E-state index contributed by atoms with van der Waals surface area (Å²) in [7, 11) is 0. The number of anilines is 2. The normalized spacial score (nSPS) is 14.6. The Morgan fingerprint density at radius 2 is 1.43 bits per heavy atom. The second kappa shape index (κ2) is 14.7. The van der Waals surface area contributed by atoms with Gasteiger partial charge in [-0.15, -0.1) is 0 Å². The molecule has 0 saturated carbocycles. The average Bonchev–Trinajstić information content (AvgIpc) is 3.08. The van der Waals surface area contributed by atoms with Crippen LogP contribution in [0.15, 0.2) is 103 Å². The Balaban J connectivity index is 1.23. The third-order valence-electron chi connectivity index (χ3n) is 8.80. The maximum atomic E-state index is 13.4. The molecule has 0 radical (unpaired) electrons. The number of esters is 1. The molecule has 46 heavy (non-hydrogen) atoms. The van der Waals surface area contributed by atoms with Crippen molar-refractivity contribution >= 4 is 23.3 Å². The van der Waals surface area contributed by atoms with Crippen molar-refractivity contribution in [1.82, 2.24) is 0 Å². The summed E-state index contributed by atoms with van der Waals surface area (Å²) in [6.45, 7) is 5.66. The van der Waals surface area contributed by atoms with E-state index in [1.165, 1.54) is 12.1 Å². The van der Waals surface area contributed by atoms with Gasteiger partial charge in [-0.25, -0.2) is 0 Å². The molecule has 5 rings (SSSR count). The highest BCUT2D eigenvalue weighted by Gasteiger charge is 2.35. The van der Waals surface area contributed by atoms with Gasteiger partial charge in [0.15, 0.2) is 0 Å². The van der Waals surface area contributed by atoms with Gasteiger partial charge in [-0.3, -0.25) is 9.59 Å². The van der Waals surface area contributed by atoms with E-state index < -0.39 is 11.7 Å². The van der Waals surface area contributed by atoms with Crippen LogP contribution in [0, 0.1) is 5.92 Å². The van der Waals surface area contributed by atoms with Gasteiger partial charge >= 0.3 is 12.1 Å². The largest absolute Gasteiger partial charge is 0.462 e. The molecule has 5 nitrogen and oxygen atoms in total. The van der Waals surface area contributed by atoms with E-state index in [2.05, 4.69) is 10.2 Å². The highest BCUT2D eigenvalue weighted by atomic mass is 19.4. The molecule has 0 aromatic heterocycles. The van der Waals surface area contributed by atoms with Crippen LogP contribution in [0.5, 0.6) is 0 Å². The van der Waals surface area contributed by atoms with Gasteiger partial charge in [0.25, 0.3) is 5.91 Å². The predicted octanol–water partition coefficient (Wildman–Crippen LogP) is 9.36. The Bertz CT molecular complexity index is 1590. The summed E-state index contributed by atoms with van der Waals surface area (Å²) in [5.74, 6) is -0.620. The van der Waals surface area contributed by atoms with Crippen molar-refractivity contribution in [3.05, 3.63) is 120 Å². The zero-order chi connectivity index (χ0) is 32.7. The van der Waals surface area contributed by atoms with Gasteiger partial charge in [0.05, 0.1) is 11.5 Å². The van der Waals surface area contributed by atoms with E-state index in [0.717, 1.165) is 62.2 Å². The maximum Gasteiger partial charge on any atom is 0.416 e. The molecule has 0 spiro atoms. The molecule has 0 bridgehead atoms. The quantitative estimate of drug-likeness (QED) is 0.178. The van der Waals surface area contributed by atoms with E-state index in [1.54, 1.807) is 24.3 Å². The number of nitrogens with zero attached hydrogens (tertiary/aromatic N) is 1. The van der Waals surface area contributed by atoms with E-state index in [9.17, 15) is 22.8 Å². The minimum Gasteiger partial charge on any atom is -0.462 e. The zero-order valence-electron chi connectivity index (χ0n) is 26.1. The standard InChI is InChI=1S/C38H39F3N2O3/c1-3-32(4-2)46-37(45)35(27-10-6-5-7-11-27)28-22-24-43(25-23-28)31-20-18-30(19-21-31)42-36(44)34-13-9-8-12-33(34)26-14-16-29(17-15-26)38(39,40)41/h5-21,28,32,35H,3-4,22-25H2,1-2H3,(H,42,44). The minimum absolute atomic E-state index is 0.0731. The van der Waals surface area contributed by atoms with Crippen molar-refractivity contribution in [3.63, 3.8) is 0 Å². The number of piperidine rings is 1. The van der Waals surface area contributed by atoms with Crippen molar-refractivity contribution in [2.45, 2.75) is 57.7 Å². The van der Waals surface area contributed by atoms with Gasteiger partial charge in [-0.1, -0.05) is 74.5 Å². The van der Waals surface area contributed by atoms with Crippen LogP contribution in [0.3, 0.4) is 0 Å². The number of alkyl halides is 3. The molecule has 1 unspecified atom stereocenters. The highest BCUT2D eigenvalue weighted by Crippen LogP contribution is 2.36. The third kappa shape index (κ3) is 7.79. The molecule has 1 N–H and O–H groups in total. The fraction of sp³-hybridized carbons (Fsp3) is 0.316. The first kappa shape index (κ1) is 32.8.